The van der Waals surface area contributed by atoms with E-state index >= 15 is 0 Å². The Morgan fingerprint density at radius 2 is 1.62 bits per heavy atom. The number of fused-ring (bicyclic) bond motifs is 1. The molecule has 2 heterocycles. The van der Waals surface area contributed by atoms with Gasteiger partial charge in [0.25, 0.3) is 0 Å². The third-order valence-electron chi connectivity index (χ3n) is 4.47. The zero-order valence-electron chi connectivity index (χ0n) is 14.2. The van der Waals surface area contributed by atoms with Gasteiger partial charge < -0.3 is 10.2 Å². The second-order valence-corrected chi connectivity index (χ2v) is 6.58. The summed E-state index contributed by atoms with van der Waals surface area (Å²) in [4.78, 5) is 11.9. The van der Waals surface area contributed by atoms with Gasteiger partial charge in [-0.05, 0) is 62.1 Å². The molecule has 0 saturated carbocycles. The molecular formula is C20H22N4. The van der Waals surface area contributed by atoms with Crippen LogP contribution in [-0.2, 0) is 0 Å². The SMILES string of the molecule is Cc1cc(C)cc(Nc2nc(N3CCCC3)c3ccccc3n2)c1. The Labute approximate surface area is 142 Å². The third-order valence-corrected chi connectivity index (χ3v) is 4.47. The van der Waals surface area contributed by atoms with Crippen LogP contribution in [0.4, 0.5) is 17.5 Å². The van der Waals surface area contributed by atoms with Gasteiger partial charge in [0.05, 0.1) is 5.52 Å². The summed E-state index contributed by atoms with van der Waals surface area (Å²) >= 11 is 0. The Bertz CT molecular complexity index is 862. The lowest BCUT2D eigenvalue weighted by Gasteiger charge is -2.19. The van der Waals surface area contributed by atoms with Gasteiger partial charge in [-0.25, -0.2) is 4.98 Å². The summed E-state index contributed by atoms with van der Waals surface area (Å²) in [7, 11) is 0. The van der Waals surface area contributed by atoms with Crippen LogP contribution >= 0.6 is 0 Å². The fourth-order valence-electron chi connectivity index (χ4n) is 3.46. The van der Waals surface area contributed by atoms with Gasteiger partial charge in [0.15, 0.2) is 0 Å². The predicted octanol–water partition coefficient (Wildman–Crippen LogP) is 4.59. The maximum absolute atomic E-state index is 4.84. The summed E-state index contributed by atoms with van der Waals surface area (Å²) < 4.78 is 0. The van der Waals surface area contributed by atoms with Gasteiger partial charge in [0.2, 0.25) is 5.95 Å². The quantitative estimate of drug-likeness (QED) is 0.767. The van der Waals surface area contributed by atoms with E-state index in [1.54, 1.807) is 0 Å². The van der Waals surface area contributed by atoms with Crippen LogP contribution < -0.4 is 10.2 Å². The Balaban J connectivity index is 1.77. The Morgan fingerprint density at radius 1 is 0.917 bits per heavy atom. The van der Waals surface area contributed by atoms with Crippen molar-refractivity contribution >= 4 is 28.4 Å². The van der Waals surface area contributed by atoms with Crippen LogP contribution in [0.3, 0.4) is 0 Å². The minimum atomic E-state index is 0.667. The number of rotatable bonds is 3. The summed E-state index contributed by atoms with van der Waals surface area (Å²) in [6.45, 7) is 6.36. The molecule has 4 rings (SSSR count). The predicted molar refractivity (Wildman–Crippen MR) is 100 cm³/mol. The molecule has 24 heavy (non-hydrogen) atoms. The molecule has 1 aliphatic heterocycles. The maximum Gasteiger partial charge on any atom is 0.229 e. The fraction of sp³-hybridized carbons (Fsp3) is 0.300. The summed E-state index contributed by atoms with van der Waals surface area (Å²) in [5.41, 5.74) is 4.49. The topological polar surface area (TPSA) is 41.1 Å². The summed E-state index contributed by atoms with van der Waals surface area (Å²) in [5.74, 6) is 1.71. The molecule has 0 unspecified atom stereocenters. The standard InChI is InChI=1S/C20H22N4/c1-14-11-15(2)13-16(12-14)21-20-22-18-8-4-3-7-17(18)19(23-20)24-9-5-6-10-24/h3-4,7-8,11-13H,5-6,9-10H2,1-2H3,(H,21,22,23). The first-order valence-electron chi connectivity index (χ1n) is 8.56. The van der Waals surface area contributed by atoms with Crippen LogP contribution in [0, 0.1) is 13.8 Å². The summed E-state index contributed by atoms with van der Waals surface area (Å²) in [6, 6.07) is 14.7. The molecule has 4 nitrogen and oxygen atoms in total. The molecule has 0 atom stereocenters. The van der Waals surface area contributed by atoms with Gasteiger partial charge in [-0.1, -0.05) is 18.2 Å². The van der Waals surface area contributed by atoms with Crippen molar-refractivity contribution in [1.29, 1.82) is 0 Å². The highest BCUT2D eigenvalue weighted by Gasteiger charge is 2.18. The molecule has 3 aromatic rings. The van der Waals surface area contributed by atoms with Crippen LogP contribution in [0.15, 0.2) is 42.5 Å². The average Bonchev–Trinajstić information content (AvgIpc) is 3.07. The number of aromatic nitrogens is 2. The van der Waals surface area contributed by atoms with Gasteiger partial charge in [0, 0.05) is 24.2 Å². The molecule has 0 spiro atoms. The molecule has 0 radical (unpaired) electrons. The second kappa shape index (κ2) is 6.11. The lowest BCUT2D eigenvalue weighted by Crippen LogP contribution is -2.20. The highest BCUT2D eigenvalue weighted by atomic mass is 15.2. The van der Waals surface area contributed by atoms with Crippen molar-refractivity contribution in [3.8, 4) is 0 Å². The largest absolute Gasteiger partial charge is 0.356 e. The van der Waals surface area contributed by atoms with E-state index in [0.29, 0.717) is 5.95 Å². The fourth-order valence-corrected chi connectivity index (χ4v) is 3.46. The summed E-state index contributed by atoms with van der Waals surface area (Å²) in [6.07, 6.45) is 2.47. The lowest BCUT2D eigenvalue weighted by molar-refractivity contribution is 0.941. The first-order valence-corrected chi connectivity index (χ1v) is 8.56. The van der Waals surface area contributed by atoms with E-state index in [4.69, 9.17) is 9.97 Å². The van der Waals surface area contributed by atoms with Crippen molar-refractivity contribution in [3.63, 3.8) is 0 Å². The first-order chi connectivity index (χ1) is 11.7. The van der Waals surface area contributed by atoms with E-state index in [2.05, 4.69) is 60.5 Å². The molecule has 2 aromatic carbocycles. The van der Waals surface area contributed by atoms with Crippen LogP contribution in [0.25, 0.3) is 10.9 Å². The molecule has 0 bridgehead atoms. The average molecular weight is 318 g/mol. The van der Waals surface area contributed by atoms with Gasteiger partial charge >= 0.3 is 0 Å². The van der Waals surface area contributed by atoms with Crippen LogP contribution in [0.5, 0.6) is 0 Å². The first kappa shape index (κ1) is 14.9. The van der Waals surface area contributed by atoms with Crippen molar-refractivity contribution in [3.05, 3.63) is 53.6 Å². The monoisotopic (exact) mass is 318 g/mol. The normalized spacial score (nSPS) is 14.3. The molecule has 122 valence electrons. The number of aryl methyl sites for hydroxylation is 2. The maximum atomic E-state index is 4.84. The van der Waals surface area contributed by atoms with Gasteiger partial charge in [0.1, 0.15) is 5.82 Å². The van der Waals surface area contributed by atoms with Crippen LogP contribution in [0.1, 0.15) is 24.0 Å². The van der Waals surface area contributed by atoms with E-state index in [9.17, 15) is 0 Å². The number of anilines is 3. The molecule has 0 amide bonds. The van der Waals surface area contributed by atoms with E-state index in [0.717, 1.165) is 35.5 Å². The zero-order chi connectivity index (χ0) is 16.5. The lowest BCUT2D eigenvalue weighted by atomic mass is 10.1. The molecule has 1 fully saturated rings. The van der Waals surface area contributed by atoms with Crippen molar-refractivity contribution in [2.24, 2.45) is 0 Å². The molecule has 1 saturated heterocycles. The number of nitrogens with one attached hydrogen (secondary N) is 1. The number of nitrogens with zero attached hydrogens (tertiary/aromatic N) is 3. The molecule has 0 aliphatic carbocycles. The van der Waals surface area contributed by atoms with Crippen molar-refractivity contribution in [2.45, 2.75) is 26.7 Å². The Kier molecular flexibility index (Phi) is 3.81. The number of hydrogen-bond donors (Lipinski definition) is 1. The van der Waals surface area contributed by atoms with E-state index in [-0.39, 0.29) is 0 Å². The smallest absolute Gasteiger partial charge is 0.229 e. The highest BCUT2D eigenvalue weighted by molar-refractivity contribution is 5.90. The molecule has 1 N–H and O–H groups in total. The minimum absolute atomic E-state index is 0.667. The molecule has 4 heteroatoms. The number of benzene rings is 2. The van der Waals surface area contributed by atoms with Crippen molar-refractivity contribution < 1.29 is 0 Å². The number of hydrogen-bond acceptors (Lipinski definition) is 4. The Morgan fingerprint density at radius 3 is 2.38 bits per heavy atom. The Hall–Kier alpha value is -2.62. The third kappa shape index (κ3) is 2.92. The minimum Gasteiger partial charge on any atom is -0.356 e. The van der Waals surface area contributed by atoms with Crippen LogP contribution in [0.2, 0.25) is 0 Å². The highest BCUT2D eigenvalue weighted by Crippen LogP contribution is 2.29. The van der Waals surface area contributed by atoms with Gasteiger partial charge in [-0.2, -0.15) is 4.98 Å². The van der Waals surface area contributed by atoms with Crippen LogP contribution in [-0.4, -0.2) is 23.1 Å². The molecule has 1 aliphatic rings. The summed E-state index contributed by atoms with van der Waals surface area (Å²) in [5, 5.41) is 4.52. The van der Waals surface area contributed by atoms with Crippen molar-refractivity contribution in [2.75, 3.05) is 23.3 Å². The van der Waals surface area contributed by atoms with E-state index < -0.39 is 0 Å². The van der Waals surface area contributed by atoms with Gasteiger partial charge in [-0.3, -0.25) is 0 Å². The molecular weight excluding hydrogens is 296 g/mol. The molecule has 1 aromatic heterocycles. The van der Waals surface area contributed by atoms with Gasteiger partial charge in [-0.15, -0.1) is 0 Å². The van der Waals surface area contributed by atoms with E-state index in [1.165, 1.54) is 24.0 Å². The second-order valence-electron chi connectivity index (χ2n) is 6.58. The van der Waals surface area contributed by atoms with E-state index in [1.807, 2.05) is 6.07 Å². The zero-order valence-corrected chi connectivity index (χ0v) is 14.2. The number of para-hydroxylation sites is 1. The van der Waals surface area contributed by atoms with Crippen molar-refractivity contribution in [1.82, 2.24) is 9.97 Å².